The third-order valence-electron chi connectivity index (χ3n) is 5.09. The number of nitrogens with zero attached hydrogens (tertiary/aromatic N) is 1. The second-order valence-electron chi connectivity index (χ2n) is 7.58. The van der Waals surface area contributed by atoms with E-state index in [1.807, 2.05) is 55.5 Å². The van der Waals surface area contributed by atoms with E-state index in [1.165, 1.54) is 4.90 Å². The lowest BCUT2D eigenvalue weighted by Gasteiger charge is -2.12. The van der Waals surface area contributed by atoms with Crippen LogP contribution in [-0.2, 0) is 17.9 Å². The summed E-state index contributed by atoms with van der Waals surface area (Å²) in [6.45, 7) is 2.51. The van der Waals surface area contributed by atoms with Gasteiger partial charge in [0.05, 0.1) is 10.1 Å². The van der Waals surface area contributed by atoms with Gasteiger partial charge in [-0.2, -0.15) is 0 Å². The molecule has 4 rings (SSSR count). The average Bonchev–Trinajstić information content (AvgIpc) is 3.03. The van der Waals surface area contributed by atoms with Crippen LogP contribution in [0, 0.1) is 10.5 Å². The van der Waals surface area contributed by atoms with Gasteiger partial charge in [0.1, 0.15) is 18.1 Å². The number of aryl methyl sites for hydroxylation is 1. The largest absolute Gasteiger partial charge is 0.488 e. The Morgan fingerprint density at radius 1 is 1.03 bits per heavy atom. The Balaban J connectivity index is 1.45. The smallest absolute Gasteiger partial charge is 0.329 e. The van der Waals surface area contributed by atoms with Gasteiger partial charge in [-0.05, 0) is 71.0 Å². The standard InChI is InChI=1S/C25H19Cl2IN2O3/c1-15-2-4-16(5-3-15)13-30-24(31)22(29-25(30)32)11-17-6-9-23(21(28)10-17)33-14-18-7-8-19(26)12-20(18)27/h2-12H,13-14H2,1H3,(H,29,32)/b22-11+. The average molecular weight is 593 g/mol. The van der Waals surface area contributed by atoms with Gasteiger partial charge in [0.2, 0.25) is 0 Å². The predicted molar refractivity (Wildman–Crippen MR) is 138 cm³/mol. The molecule has 0 bridgehead atoms. The van der Waals surface area contributed by atoms with E-state index in [-0.39, 0.29) is 18.1 Å². The lowest BCUT2D eigenvalue weighted by atomic mass is 10.1. The Bertz CT molecular complexity index is 1260. The van der Waals surface area contributed by atoms with Gasteiger partial charge >= 0.3 is 6.03 Å². The highest BCUT2D eigenvalue weighted by molar-refractivity contribution is 14.1. The molecule has 0 saturated carbocycles. The Morgan fingerprint density at radius 3 is 2.48 bits per heavy atom. The Hall–Kier alpha value is -2.55. The number of amides is 3. The molecule has 0 unspecified atom stereocenters. The first-order valence-corrected chi connectivity index (χ1v) is 11.9. The molecular weight excluding hydrogens is 574 g/mol. The molecule has 1 fully saturated rings. The zero-order valence-electron chi connectivity index (χ0n) is 17.6. The topological polar surface area (TPSA) is 58.6 Å². The van der Waals surface area contributed by atoms with E-state index in [1.54, 1.807) is 18.2 Å². The normalized spacial score (nSPS) is 14.7. The van der Waals surface area contributed by atoms with E-state index in [4.69, 9.17) is 27.9 Å². The van der Waals surface area contributed by atoms with E-state index in [9.17, 15) is 9.59 Å². The molecule has 168 valence electrons. The monoisotopic (exact) mass is 592 g/mol. The molecule has 3 aromatic rings. The molecule has 0 aliphatic carbocycles. The Morgan fingerprint density at radius 2 is 1.79 bits per heavy atom. The highest BCUT2D eigenvalue weighted by atomic mass is 127. The number of ether oxygens (including phenoxy) is 1. The number of imide groups is 1. The number of hydrogen-bond donors (Lipinski definition) is 1. The molecule has 3 amide bonds. The zero-order chi connectivity index (χ0) is 23.5. The van der Waals surface area contributed by atoms with Crippen molar-refractivity contribution in [3.63, 3.8) is 0 Å². The molecule has 1 heterocycles. The third kappa shape index (κ3) is 5.69. The summed E-state index contributed by atoms with van der Waals surface area (Å²) in [5.41, 5.74) is 3.86. The van der Waals surface area contributed by atoms with Gasteiger partial charge in [0, 0.05) is 15.6 Å². The van der Waals surface area contributed by atoms with Crippen LogP contribution in [0.3, 0.4) is 0 Å². The van der Waals surface area contributed by atoms with E-state index < -0.39 is 6.03 Å². The first-order valence-electron chi connectivity index (χ1n) is 10.1. The summed E-state index contributed by atoms with van der Waals surface area (Å²) in [5, 5.41) is 3.78. The minimum atomic E-state index is -0.429. The summed E-state index contributed by atoms with van der Waals surface area (Å²) in [5.74, 6) is 0.333. The van der Waals surface area contributed by atoms with Crippen molar-refractivity contribution < 1.29 is 14.3 Å². The molecule has 0 aromatic heterocycles. The second kappa shape index (κ2) is 10.2. The van der Waals surface area contributed by atoms with Crippen LogP contribution >= 0.6 is 45.8 Å². The highest BCUT2D eigenvalue weighted by Crippen LogP contribution is 2.27. The minimum absolute atomic E-state index is 0.222. The van der Waals surface area contributed by atoms with Crippen molar-refractivity contribution in [1.82, 2.24) is 10.2 Å². The van der Waals surface area contributed by atoms with Crippen LogP contribution in [0.4, 0.5) is 4.79 Å². The maximum absolute atomic E-state index is 12.8. The number of rotatable bonds is 6. The van der Waals surface area contributed by atoms with Crippen LogP contribution in [-0.4, -0.2) is 16.8 Å². The van der Waals surface area contributed by atoms with Crippen LogP contribution < -0.4 is 10.1 Å². The van der Waals surface area contributed by atoms with Gasteiger partial charge in [0.25, 0.3) is 5.91 Å². The number of hydrogen-bond acceptors (Lipinski definition) is 3. The fraction of sp³-hybridized carbons (Fsp3) is 0.120. The number of carbonyl (C=O) groups excluding carboxylic acids is 2. The molecule has 0 atom stereocenters. The number of halogens is 3. The number of urea groups is 1. The van der Waals surface area contributed by atoms with Crippen LogP contribution in [0.15, 0.2) is 66.4 Å². The molecule has 1 aliphatic heterocycles. The summed E-state index contributed by atoms with van der Waals surface area (Å²) in [4.78, 5) is 26.3. The first kappa shape index (κ1) is 23.6. The van der Waals surface area contributed by atoms with Gasteiger partial charge in [-0.25, -0.2) is 4.79 Å². The van der Waals surface area contributed by atoms with E-state index in [0.717, 1.165) is 25.8 Å². The number of benzene rings is 3. The van der Waals surface area contributed by atoms with E-state index in [2.05, 4.69) is 27.9 Å². The molecule has 1 N–H and O–H groups in total. The molecule has 1 aliphatic rings. The second-order valence-corrected chi connectivity index (χ2v) is 9.59. The van der Waals surface area contributed by atoms with Crippen molar-refractivity contribution >= 4 is 63.8 Å². The van der Waals surface area contributed by atoms with Gasteiger partial charge < -0.3 is 10.1 Å². The molecule has 3 aromatic carbocycles. The Kier molecular flexibility index (Phi) is 7.26. The lowest BCUT2D eigenvalue weighted by molar-refractivity contribution is -0.123. The number of carbonyl (C=O) groups is 2. The quantitative estimate of drug-likeness (QED) is 0.200. The van der Waals surface area contributed by atoms with Crippen LogP contribution in [0.2, 0.25) is 10.0 Å². The molecule has 0 radical (unpaired) electrons. The predicted octanol–water partition coefficient (Wildman–Crippen LogP) is 6.58. The molecule has 0 spiro atoms. The van der Waals surface area contributed by atoms with Crippen LogP contribution in [0.25, 0.3) is 6.08 Å². The summed E-state index contributed by atoms with van der Waals surface area (Å²) in [6, 6.07) is 18.1. The van der Waals surface area contributed by atoms with E-state index in [0.29, 0.717) is 22.4 Å². The minimum Gasteiger partial charge on any atom is -0.488 e. The summed E-state index contributed by atoms with van der Waals surface area (Å²) >= 11 is 14.3. The van der Waals surface area contributed by atoms with Crippen molar-refractivity contribution in [2.75, 3.05) is 0 Å². The van der Waals surface area contributed by atoms with Gasteiger partial charge in [-0.3, -0.25) is 9.69 Å². The molecular formula is C25H19Cl2IN2O3. The van der Waals surface area contributed by atoms with E-state index >= 15 is 0 Å². The van der Waals surface area contributed by atoms with Gasteiger partial charge in [-0.1, -0.05) is 65.2 Å². The van der Waals surface area contributed by atoms with Gasteiger partial charge in [0.15, 0.2) is 0 Å². The molecule has 8 heteroatoms. The van der Waals surface area contributed by atoms with Crippen molar-refractivity contribution in [2.45, 2.75) is 20.1 Å². The molecule has 5 nitrogen and oxygen atoms in total. The summed E-state index contributed by atoms with van der Waals surface area (Å²) < 4.78 is 6.76. The summed E-state index contributed by atoms with van der Waals surface area (Å²) in [7, 11) is 0. The fourth-order valence-electron chi connectivity index (χ4n) is 3.28. The van der Waals surface area contributed by atoms with Crippen LogP contribution in [0.5, 0.6) is 5.75 Å². The maximum Gasteiger partial charge on any atom is 0.329 e. The fourth-order valence-corrected chi connectivity index (χ4v) is 4.43. The Labute approximate surface area is 215 Å². The maximum atomic E-state index is 12.8. The van der Waals surface area contributed by atoms with Gasteiger partial charge in [-0.15, -0.1) is 0 Å². The van der Waals surface area contributed by atoms with Crippen LogP contribution in [0.1, 0.15) is 22.3 Å². The zero-order valence-corrected chi connectivity index (χ0v) is 21.2. The number of nitrogens with one attached hydrogen (secondary N) is 1. The molecule has 1 saturated heterocycles. The third-order valence-corrected chi connectivity index (χ3v) is 6.52. The summed E-state index contributed by atoms with van der Waals surface area (Å²) in [6.07, 6.45) is 1.66. The van der Waals surface area contributed by atoms with Crippen molar-refractivity contribution in [3.8, 4) is 5.75 Å². The van der Waals surface area contributed by atoms with Crippen molar-refractivity contribution in [2.24, 2.45) is 0 Å². The first-order chi connectivity index (χ1) is 15.8. The SMILES string of the molecule is Cc1ccc(CN2C(=O)N/C(=C/c3ccc(OCc4ccc(Cl)cc4Cl)c(I)c3)C2=O)cc1. The lowest BCUT2D eigenvalue weighted by Crippen LogP contribution is -2.30. The molecule has 33 heavy (non-hydrogen) atoms. The highest BCUT2D eigenvalue weighted by Gasteiger charge is 2.33. The van der Waals surface area contributed by atoms with Crippen molar-refractivity contribution in [3.05, 3.63) is 102 Å². The van der Waals surface area contributed by atoms with Crippen molar-refractivity contribution in [1.29, 1.82) is 0 Å².